The summed E-state index contributed by atoms with van der Waals surface area (Å²) in [5, 5.41) is 0.794. The molecule has 0 unspecified atom stereocenters. The Balaban J connectivity index is 1.68. The van der Waals surface area contributed by atoms with Crippen molar-refractivity contribution in [2.45, 2.75) is 56.7 Å². The molecule has 2 atom stereocenters. The molecule has 0 bridgehead atoms. The number of rotatable bonds is 6. The van der Waals surface area contributed by atoms with Gasteiger partial charge in [-0.05, 0) is 62.9 Å². The predicted octanol–water partition coefficient (Wildman–Crippen LogP) is 4.56. The molecule has 156 valence electrons. The predicted molar refractivity (Wildman–Crippen MR) is 121 cm³/mol. The second kappa shape index (κ2) is 8.74. The SMILES string of the molecule is Cc1ccc(C(=O)[C@H](C)Sc2nc3ccccc3c(=O)n2C[C@@H]2CCCO2)cc1C. The van der Waals surface area contributed by atoms with Gasteiger partial charge in [-0.15, -0.1) is 0 Å². The van der Waals surface area contributed by atoms with E-state index < -0.39 is 0 Å². The smallest absolute Gasteiger partial charge is 0.262 e. The van der Waals surface area contributed by atoms with Gasteiger partial charge < -0.3 is 4.74 Å². The molecule has 30 heavy (non-hydrogen) atoms. The summed E-state index contributed by atoms with van der Waals surface area (Å²) in [4.78, 5) is 31.0. The van der Waals surface area contributed by atoms with E-state index in [0.717, 1.165) is 30.6 Å². The van der Waals surface area contributed by atoms with E-state index in [2.05, 4.69) is 0 Å². The van der Waals surface area contributed by atoms with Gasteiger partial charge in [-0.2, -0.15) is 0 Å². The number of Topliss-reactive ketones (excluding diaryl/α,β-unsaturated/α-hetero) is 1. The zero-order valence-corrected chi connectivity index (χ0v) is 18.4. The first-order chi connectivity index (χ1) is 14.4. The minimum Gasteiger partial charge on any atom is -0.376 e. The Kier molecular flexibility index (Phi) is 6.06. The van der Waals surface area contributed by atoms with Crippen molar-refractivity contribution in [1.29, 1.82) is 0 Å². The Morgan fingerprint density at radius 2 is 2.03 bits per heavy atom. The molecule has 0 saturated carbocycles. The number of hydrogen-bond acceptors (Lipinski definition) is 5. The molecule has 0 spiro atoms. The molecule has 1 aliphatic heterocycles. The fourth-order valence-electron chi connectivity index (χ4n) is 3.73. The Labute approximate surface area is 180 Å². The first kappa shape index (κ1) is 20.8. The van der Waals surface area contributed by atoms with Crippen LogP contribution in [-0.4, -0.2) is 33.3 Å². The Morgan fingerprint density at radius 1 is 1.23 bits per heavy atom. The molecule has 2 aromatic carbocycles. The van der Waals surface area contributed by atoms with Gasteiger partial charge in [0.1, 0.15) is 0 Å². The summed E-state index contributed by atoms with van der Waals surface area (Å²) >= 11 is 1.34. The van der Waals surface area contributed by atoms with Crippen molar-refractivity contribution >= 4 is 28.4 Å². The number of carbonyl (C=O) groups excluding carboxylic acids is 1. The lowest BCUT2D eigenvalue weighted by atomic mass is 10.0. The van der Waals surface area contributed by atoms with Crippen molar-refractivity contribution in [3.05, 3.63) is 69.5 Å². The van der Waals surface area contributed by atoms with E-state index in [1.807, 2.05) is 57.2 Å². The van der Waals surface area contributed by atoms with Crippen molar-refractivity contribution in [2.24, 2.45) is 0 Å². The second-order valence-corrected chi connectivity index (χ2v) is 9.19. The fraction of sp³-hybridized carbons (Fsp3) is 0.375. The number of aryl methyl sites for hydroxylation is 2. The van der Waals surface area contributed by atoms with Crippen molar-refractivity contribution in [3.8, 4) is 0 Å². The molecule has 5 nitrogen and oxygen atoms in total. The van der Waals surface area contributed by atoms with Gasteiger partial charge in [-0.3, -0.25) is 14.2 Å². The normalized spacial score (nSPS) is 17.4. The minimum absolute atomic E-state index is 0.00997. The Hall–Kier alpha value is -2.44. The summed E-state index contributed by atoms with van der Waals surface area (Å²) in [5.74, 6) is 0.0363. The molecule has 3 aromatic rings. The third-order valence-corrected chi connectivity index (χ3v) is 6.77. The van der Waals surface area contributed by atoms with Gasteiger partial charge in [0.25, 0.3) is 5.56 Å². The van der Waals surface area contributed by atoms with Crippen LogP contribution in [0.2, 0.25) is 0 Å². The van der Waals surface area contributed by atoms with Crippen LogP contribution in [0.3, 0.4) is 0 Å². The average molecular weight is 423 g/mol. The third kappa shape index (κ3) is 4.20. The summed E-state index contributed by atoms with van der Waals surface area (Å²) in [7, 11) is 0. The molecule has 0 N–H and O–H groups in total. The van der Waals surface area contributed by atoms with E-state index in [9.17, 15) is 9.59 Å². The minimum atomic E-state index is -0.365. The summed E-state index contributed by atoms with van der Waals surface area (Å²) in [6.07, 6.45) is 1.95. The molecule has 2 heterocycles. The van der Waals surface area contributed by atoms with Crippen molar-refractivity contribution < 1.29 is 9.53 Å². The van der Waals surface area contributed by atoms with Gasteiger partial charge in [0.15, 0.2) is 10.9 Å². The first-order valence-electron chi connectivity index (χ1n) is 10.3. The standard InChI is InChI=1S/C24H26N2O3S/c1-15-10-11-18(13-16(15)2)22(27)17(3)30-24-25-21-9-5-4-8-20(21)23(28)26(24)14-19-7-6-12-29-19/h4-5,8-11,13,17,19H,6-7,12,14H2,1-3H3/t17-,19-/m0/s1. The van der Waals surface area contributed by atoms with E-state index >= 15 is 0 Å². The third-order valence-electron chi connectivity index (χ3n) is 5.68. The number of benzene rings is 2. The van der Waals surface area contributed by atoms with E-state index in [0.29, 0.717) is 28.2 Å². The lowest BCUT2D eigenvalue weighted by Crippen LogP contribution is -2.29. The van der Waals surface area contributed by atoms with Crippen LogP contribution in [0.4, 0.5) is 0 Å². The highest BCUT2D eigenvalue weighted by molar-refractivity contribution is 8.00. The number of para-hydroxylation sites is 1. The molecular formula is C24H26N2O3S. The summed E-state index contributed by atoms with van der Waals surface area (Å²) < 4.78 is 7.45. The molecule has 1 saturated heterocycles. The van der Waals surface area contributed by atoms with Crippen LogP contribution in [-0.2, 0) is 11.3 Å². The number of fused-ring (bicyclic) bond motifs is 1. The molecule has 1 fully saturated rings. The zero-order valence-electron chi connectivity index (χ0n) is 17.6. The zero-order chi connectivity index (χ0) is 21.3. The van der Waals surface area contributed by atoms with Gasteiger partial charge in [-0.1, -0.05) is 36.0 Å². The molecule has 1 aromatic heterocycles. The first-order valence-corrected chi connectivity index (χ1v) is 11.2. The highest BCUT2D eigenvalue weighted by atomic mass is 32.2. The maximum Gasteiger partial charge on any atom is 0.262 e. The molecule has 0 amide bonds. The lowest BCUT2D eigenvalue weighted by molar-refractivity contribution is 0.0937. The monoisotopic (exact) mass is 422 g/mol. The van der Waals surface area contributed by atoms with Crippen LogP contribution in [0.15, 0.2) is 52.4 Å². The van der Waals surface area contributed by atoms with E-state index in [-0.39, 0.29) is 22.7 Å². The molecular weight excluding hydrogens is 396 g/mol. The number of thioether (sulfide) groups is 1. The highest BCUT2D eigenvalue weighted by Crippen LogP contribution is 2.27. The van der Waals surface area contributed by atoms with Gasteiger partial charge in [0.2, 0.25) is 0 Å². The largest absolute Gasteiger partial charge is 0.376 e. The summed E-state index contributed by atoms with van der Waals surface area (Å²) in [6, 6.07) is 13.1. The molecule has 6 heteroatoms. The van der Waals surface area contributed by atoms with Crippen molar-refractivity contribution in [1.82, 2.24) is 9.55 Å². The van der Waals surface area contributed by atoms with Crippen molar-refractivity contribution in [2.75, 3.05) is 6.61 Å². The summed E-state index contributed by atoms with van der Waals surface area (Å²) in [6.45, 7) is 7.10. The van der Waals surface area contributed by atoms with Gasteiger partial charge >= 0.3 is 0 Å². The van der Waals surface area contributed by atoms with Crippen LogP contribution < -0.4 is 5.56 Å². The second-order valence-electron chi connectivity index (χ2n) is 7.89. The molecule has 0 aliphatic carbocycles. The van der Waals surface area contributed by atoms with Crippen LogP contribution in [0.25, 0.3) is 10.9 Å². The maximum atomic E-state index is 13.2. The number of aromatic nitrogens is 2. The maximum absolute atomic E-state index is 13.2. The average Bonchev–Trinajstić information content (AvgIpc) is 3.25. The number of carbonyl (C=O) groups is 1. The van der Waals surface area contributed by atoms with Crippen LogP contribution in [0.1, 0.15) is 41.3 Å². The number of ketones is 1. The Bertz CT molecular complexity index is 1150. The van der Waals surface area contributed by atoms with E-state index in [1.54, 1.807) is 10.6 Å². The quantitative estimate of drug-likeness (QED) is 0.331. The molecule has 1 aliphatic rings. The highest BCUT2D eigenvalue weighted by Gasteiger charge is 2.24. The van der Waals surface area contributed by atoms with Crippen molar-refractivity contribution in [3.63, 3.8) is 0 Å². The van der Waals surface area contributed by atoms with Crippen LogP contribution >= 0.6 is 11.8 Å². The van der Waals surface area contributed by atoms with Crippen LogP contribution in [0, 0.1) is 13.8 Å². The van der Waals surface area contributed by atoms with Crippen LogP contribution in [0.5, 0.6) is 0 Å². The van der Waals surface area contributed by atoms with Gasteiger partial charge in [0.05, 0.1) is 28.8 Å². The van der Waals surface area contributed by atoms with E-state index in [4.69, 9.17) is 9.72 Å². The number of hydrogen-bond donors (Lipinski definition) is 0. The fourth-order valence-corrected chi connectivity index (χ4v) is 4.73. The van der Waals surface area contributed by atoms with E-state index in [1.165, 1.54) is 11.8 Å². The Morgan fingerprint density at radius 3 is 2.77 bits per heavy atom. The summed E-state index contributed by atoms with van der Waals surface area (Å²) in [5.41, 5.74) is 3.52. The number of nitrogens with zero attached hydrogens (tertiary/aromatic N) is 2. The number of ether oxygens (including phenoxy) is 1. The topological polar surface area (TPSA) is 61.2 Å². The van der Waals surface area contributed by atoms with Gasteiger partial charge in [0, 0.05) is 12.2 Å². The molecule has 4 rings (SSSR count). The van der Waals surface area contributed by atoms with Gasteiger partial charge in [-0.25, -0.2) is 4.98 Å². The lowest BCUT2D eigenvalue weighted by Gasteiger charge is -2.18. The molecule has 0 radical (unpaired) electrons.